The number of carbonyl (C=O) groups excluding carboxylic acids is 1. The summed E-state index contributed by atoms with van der Waals surface area (Å²) in [5.74, 6) is 6.18. The summed E-state index contributed by atoms with van der Waals surface area (Å²) in [5, 5.41) is 8.91. The van der Waals surface area contributed by atoms with Crippen molar-refractivity contribution in [3.05, 3.63) is 107 Å². The lowest BCUT2D eigenvalue weighted by Crippen LogP contribution is -2.29. The Morgan fingerprint density at radius 1 is 0.974 bits per heavy atom. The number of unbranched alkanes of at least 4 members (excludes halogenated alkanes) is 2. The number of nitrogens with two attached hydrogens (primary N) is 1. The number of nitriles is 1. The van der Waals surface area contributed by atoms with Crippen LogP contribution in [0.2, 0.25) is 0 Å². The lowest BCUT2D eigenvalue weighted by molar-refractivity contribution is 0.0953. The molecule has 0 radical (unpaired) electrons. The predicted octanol–water partition coefficient (Wildman–Crippen LogP) is 7.51. The lowest BCUT2D eigenvalue weighted by Gasteiger charge is -2.19. The van der Waals surface area contributed by atoms with Crippen LogP contribution in [0, 0.1) is 17.2 Å². The zero-order chi connectivity index (χ0) is 28.1. The number of rotatable bonds is 13. The Bertz CT molecular complexity index is 1250. The number of para-hydroxylation sites is 1. The van der Waals surface area contributed by atoms with E-state index in [9.17, 15) is 4.79 Å². The predicted molar refractivity (Wildman–Crippen MR) is 159 cm³/mol. The fourth-order valence-electron chi connectivity index (χ4n) is 4.46. The van der Waals surface area contributed by atoms with Gasteiger partial charge >= 0.3 is 0 Å². The highest BCUT2D eigenvalue weighted by atomic mass is 16.5. The maximum absolute atomic E-state index is 11.7. The second-order valence-electron chi connectivity index (χ2n) is 11.0. The lowest BCUT2D eigenvalue weighted by atomic mass is 9.87. The van der Waals surface area contributed by atoms with E-state index in [4.69, 9.17) is 15.8 Å². The van der Waals surface area contributed by atoms with Gasteiger partial charge in [0.15, 0.2) is 0 Å². The number of carbonyl (C=O) groups is 1. The topological polar surface area (TPSA) is 88.1 Å². The van der Waals surface area contributed by atoms with E-state index in [1.807, 2.05) is 30.3 Å². The Labute approximate surface area is 233 Å². The number of aryl methyl sites for hydroxylation is 1. The van der Waals surface area contributed by atoms with Crippen LogP contribution in [-0.2, 0) is 18.4 Å². The molecule has 39 heavy (non-hydrogen) atoms. The molecular formula is C34H41N3O2. The second-order valence-corrected chi connectivity index (χ2v) is 11.0. The molecule has 204 valence electrons. The summed E-state index contributed by atoms with van der Waals surface area (Å²) in [7, 11) is 0. The highest BCUT2D eigenvalue weighted by Gasteiger charge is 2.13. The van der Waals surface area contributed by atoms with Crippen LogP contribution in [0.3, 0.4) is 0 Å². The van der Waals surface area contributed by atoms with Gasteiger partial charge in [0.25, 0.3) is 5.91 Å². The molecule has 0 heterocycles. The Balaban J connectivity index is 1.66. The Morgan fingerprint density at radius 3 is 2.33 bits per heavy atom. The van der Waals surface area contributed by atoms with Gasteiger partial charge < -0.3 is 4.74 Å². The summed E-state index contributed by atoms with van der Waals surface area (Å²) in [6.45, 7) is 7.18. The van der Waals surface area contributed by atoms with Crippen LogP contribution >= 0.6 is 0 Å². The van der Waals surface area contributed by atoms with Crippen LogP contribution in [0.15, 0.2) is 78.9 Å². The third-order valence-corrected chi connectivity index (χ3v) is 6.95. The quantitative estimate of drug-likeness (QED) is 0.105. The monoisotopic (exact) mass is 523 g/mol. The van der Waals surface area contributed by atoms with Crippen LogP contribution < -0.4 is 16.0 Å². The molecule has 3 rings (SSSR count). The minimum atomic E-state index is -0.289. The first-order valence-corrected chi connectivity index (χ1v) is 13.8. The summed E-state index contributed by atoms with van der Waals surface area (Å²) in [5.41, 5.74) is 7.55. The van der Waals surface area contributed by atoms with Crippen molar-refractivity contribution in [3.8, 4) is 11.8 Å². The van der Waals surface area contributed by atoms with Crippen molar-refractivity contribution >= 4 is 12.0 Å². The first-order valence-electron chi connectivity index (χ1n) is 13.8. The average molecular weight is 524 g/mol. The second kappa shape index (κ2) is 14.9. The number of allylic oxidation sites excluding steroid dienone is 1. The van der Waals surface area contributed by atoms with Crippen molar-refractivity contribution in [3.63, 3.8) is 0 Å². The minimum absolute atomic E-state index is 0.131. The number of hydrogen-bond donors (Lipinski definition) is 2. The molecule has 5 nitrogen and oxygen atoms in total. The molecule has 1 atom stereocenters. The summed E-state index contributed by atoms with van der Waals surface area (Å²) in [4.78, 5) is 11.7. The molecule has 5 heteroatoms. The molecule has 3 N–H and O–H groups in total. The Kier molecular flexibility index (Phi) is 11.3. The molecular weight excluding hydrogens is 482 g/mol. The number of ether oxygens (including phenoxy) is 1. The van der Waals surface area contributed by atoms with Gasteiger partial charge in [-0.25, -0.2) is 5.84 Å². The molecule has 1 amide bonds. The van der Waals surface area contributed by atoms with Gasteiger partial charge in [-0.1, -0.05) is 93.9 Å². The number of nitrogen functional groups attached to an aromatic ring is 1. The molecule has 0 aliphatic heterocycles. The number of hydrazine groups is 1. The van der Waals surface area contributed by atoms with Gasteiger partial charge in [-0.05, 0) is 71.9 Å². The molecule has 0 saturated heterocycles. The van der Waals surface area contributed by atoms with Gasteiger partial charge in [-0.3, -0.25) is 10.2 Å². The van der Waals surface area contributed by atoms with Crippen LogP contribution in [0.25, 0.3) is 6.08 Å². The van der Waals surface area contributed by atoms with E-state index in [0.717, 1.165) is 49.0 Å². The molecule has 3 aromatic carbocycles. The SMILES string of the molecule is CC(C)(C)c1ccc(COc2ccccc2C=CC(CCCCC#N)CCc2ccc(C(=O)NN)cc2)cc1. The van der Waals surface area contributed by atoms with Crippen LogP contribution in [0.4, 0.5) is 0 Å². The van der Waals surface area contributed by atoms with Gasteiger partial charge in [-0.15, -0.1) is 0 Å². The smallest absolute Gasteiger partial charge is 0.265 e. The molecule has 3 aromatic rings. The van der Waals surface area contributed by atoms with Gasteiger partial charge in [-0.2, -0.15) is 5.26 Å². The van der Waals surface area contributed by atoms with E-state index in [-0.39, 0.29) is 11.3 Å². The van der Waals surface area contributed by atoms with Crippen molar-refractivity contribution < 1.29 is 9.53 Å². The number of amides is 1. The molecule has 1 unspecified atom stereocenters. The van der Waals surface area contributed by atoms with E-state index in [0.29, 0.717) is 24.5 Å². The third-order valence-electron chi connectivity index (χ3n) is 6.95. The van der Waals surface area contributed by atoms with Gasteiger partial charge in [0.1, 0.15) is 12.4 Å². The summed E-state index contributed by atoms with van der Waals surface area (Å²) < 4.78 is 6.23. The third kappa shape index (κ3) is 9.74. The largest absolute Gasteiger partial charge is 0.488 e. The van der Waals surface area contributed by atoms with Crippen molar-refractivity contribution in [1.82, 2.24) is 5.43 Å². The van der Waals surface area contributed by atoms with Gasteiger partial charge in [0.05, 0.1) is 6.07 Å². The standard InChI is InChI=1S/C34H41N3O2/c1-34(2,3)31-22-17-28(18-23-31)25-39-32-11-7-6-10-29(32)19-14-26(9-5-4-8-24-35)12-13-27-15-20-30(21-16-27)33(38)37-36/h6-7,10-11,14-23,26H,4-5,8-9,12-13,25,36H2,1-3H3,(H,37,38). The zero-order valence-electron chi connectivity index (χ0n) is 23.5. The maximum atomic E-state index is 11.7. The van der Waals surface area contributed by atoms with Crippen molar-refractivity contribution in [2.24, 2.45) is 11.8 Å². The fraction of sp³-hybridized carbons (Fsp3) is 0.353. The van der Waals surface area contributed by atoms with Crippen LogP contribution in [0.5, 0.6) is 5.75 Å². The number of nitrogens with one attached hydrogen (secondary N) is 1. The van der Waals surface area contributed by atoms with Gasteiger partial charge in [0.2, 0.25) is 0 Å². The molecule has 0 aliphatic rings. The molecule has 0 bridgehead atoms. The van der Waals surface area contributed by atoms with Crippen molar-refractivity contribution in [1.29, 1.82) is 5.26 Å². The number of nitrogens with zero attached hydrogens (tertiary/aromatic N) is 1. The molecule has 0 saturated carbocycles. The number of hydrogen-bond acceptors (Lipinski definition) is 4. The Morgan fingerprint density at radius 2 is 1.67 bits per heavy atom. The van der Waals surface area contributed by atoms with Crippen LogP contribution in [0.1, 0.15) is 85.5 Å². The first kappa shape index (κ1) is 29.7. The van der Waals surface area contributed by atoms with Crippen molar-refractivity contribution in [2.45, 2.75) is 71.3 Å². The van der Waals surface area contributed by atoms with E-state index >= 15 is 0 Å². The number of benzene rings is 3. The maximum Gasteiger partial charge on any atom is 0.265 e. The summed E-state index contributed by atoms with van der Waals surface area (Å²) in [6, 6.07) is 26.6. The van der Waals surface area contributed by atoms with Crippen LogP contribution in [-0.4, -0.2) is 5.91 Å². The fourth-order valence-corrected chi connectivity index (χ4v) is 4.46. The van der Waals surface area contributed by atoms with E-state index in [2.05, 4.69) is 74.8 Å². The molecule has 0 spiro atoms. The molecule has 0 aliphatic carbocycles. The molecule has 0 aromatic heterocycles. The van der Waals surface area contributed by atoms with E-state index in [1.165, 1.54) is 11.1 Å². The minimum Gasteiger partial charge on any atom is -0.488 e. The highest BCUT2D eigenvalue weighted by molar-refractivity contribution is 5.93. The van der Waals surface area contributed by atoms with Crippen molar-refractivity contribution in [2.75, 3.05) is 0 Å². The van der Waals surface area contributed by atoms with E-state index in [1.54, 1.807) is 12.1 Å². The first-order chi connectivity index (χ1) is 18.8. The Hall–Kier alpha value is -3.88. The zero-order valence-corrected chi connectivity index (χ0v) is 23.5. The summed E-state index contributed by atoms with van der Waals surface area (Å²) in [6.07, 6.45) is 9.88. The average Bonchev–Trinajstić information content (AvgIpc) is 2.95. The molecule has 0 fully saturated rings. The normalized spacial score (nSPS) is 12.2. The van der Waals surface area contributed by atoms with Gasteiger partial charge in [0, 0.05) is 17.5 Å². The van der Waals surface area contributed by atoms with E-state index < -0.39 is 0 Å². The summed E-state index contributed by atoms with van der Waals surface area (Å²) >= 11 is 0. The highest BCUT2D eigenvalue weighted by Crippen LogP contribution is 2.26.